The number of pyridine rings is 3. The fourth-order valence-corrected chi connectivity index (χ4v) is 4.16. The smallest absolute Gasteiger partial charge is 0.300 e. The number of H-pyrrole nitrogens is 1. The van der Waals surface area contributed by atoms with Crippen molar-refractivity contribution in [1.82, 2.24) is 19.9 Å². The highest BCUT2D eigenvalue weighted by Gasteiger charge is 2.18. The molecule has 0 fully saturated rings. The predicted molar refractivity (Wildman–Crippen MR) is 116 cm³/mol. The van der Waals surface area contributed by atoms with E-state index in [4.69, 9.17) is 9.90 Å². The van der Waals surface area contributed by atoms with Crippen LogP contribution >= 0.6 is 11.3 Å². The average Bonchev–Trinajstić information content (AvgIpc) is 3.31. The second kappa shape index (κ2) is 8.00. The molecule has 0 saturated carbocycles. The average molecular weight is 420 g/mol. The molecule has 0 saturated heterocycles. The Morgan fingerprint density at radius 3 is 2.67 bits per heavy atom. The van der Waals surface area contributed by atoms with Gasteiger partial charge in [0.1, 0.15) is 5.65 Å². The summed E-state index contributed by atoms with van der Waals surface area (Å²) in [5, 5.41) is 11.1. The summed E-state index contributed by atoms with van der Waals surface area (Å²) in [6.45, 7) is 3.09. The number of fused-ring (bicyclic) bond motifs is 3. The van der Waals surface area contributed by atoms with Gasteiger partial charge < -0.3 is 10.1 Å². The van der Waals surface area contributed by atoms with E-state index in [1.165, 1.54) is 17.5 Å². The topological polar surface area (TPSA) is 91.8 Å². The lowest BCUT2D eigenvalue weighted by atomic mass is 10.1. The minimum atomic E-state index is -0.833. The summed E-state index contributed by atoms with van der Waals surface area (Å²) >= 11 is 1.54. The van der Waals surface area contributed by atoms with Crippen LogP contribution in [0.25, 0.3) is 43.6 Å². The fourth-order valence-electron chi connectivity index (χ4n) is 3.21. The van der Waals surface area contributed by atoms with Crippen molar-refractivity contribution in [3.05, 3.63) is 65.8 Å². The van der Waals surface area contributed by atoms with E-state index in [9.17, 15) is 4.39 Å². The van der Waals surface area contributed by atoms with Crippen LogP contribution in [-0.4, -0.2) is 31.0 Å². The van der Waals surface area contributed by atoms with Crippen LogP contribution in [0.5, 0.6) is 0 Å². The van der Waals surface area contributed by atoms with E-state index in [1.807, 2.05) is 36.6 Å². The van der Waals surface area contributed by atoms with Crippen LogP contribution in [0.3, 0.4) is 0 Å². The first kappa shape index (κ1) is 19.7. The van der Waals surface area contributed by atoms with E-state index >= 15 is 0 Å². The number of hydrogen-bond donors (Lipinski definition) is 2. The molecule has 5 aromatic rings. The molecule has 150 valence electrons. The van der Waals surface area contributed by atoms with Gasteiger partial charge in [0.05, 0.1) is 23.6 Å². The van der Waals surface area contributed by atoms with Gasteiger partial charge in [0, 0.05) is 46.1 Å². The maximum absolute atomic E-state index is 14.7. The van der Waals surface area contributed by atoms with Gasteiger partial charge in [0.15, 0.2) is 5.82 Å². The summed E-state index contributed by atoms with van der Waals surface area (Å²) in [7, 11) is 0. The standard InChI is InChI=1S/C20H13FN4S.C2H4O2/c1-11-5-17(26-10-11)19-14(21)8-24-20-18(19)13-6-15(23-9-16(13)25-20)12-3-2-4-22-7-12;1-2(3)4/h2-10H,1H3,(H,24,25);1H3,(H,3,4). The molecule has 2 N–H and O–H groups in total. The first-order valence-corrected chi connectivity index (χ1v) is 9.93. The van der Waals surface area contributed by atoms with E-state index in [2.05, 4.69) is 19.9 Å². The SMILES string of the molecule is CC(=O)O.Cc1csc(-c2c(F)cnc3[nH]c4cnc(-c5cccnc5)cc4c23)c1. The van der Waals surface area contributed by atoms with Gasteiger partial charge in [-0.05, 0) is 42.1 Å². The minimum Gasteiger partial charge on any atom is -0.481 e. The molecule has 0 amide bonds. The van der Waals surface area contributed by atoms with E-state index in [0.717, 1.165) is 44.9 Å². The first-order valence-electron chi connectivity index (χ1n) is 9.05. The van der Waals surface area contributed by atoms with E-state index in [-0.39, 0.29) is 5.82 Å². The molecule has 0 aliphatic heterocycles. The minimum absolute atomic E-state index is 0.319. The normalized spacial score (nSPS) is 10.8. The number of aryl methyl sites for hydroxylation is 1. The first-order chi connectivity index (χ1) is 14.4. The monoisotopic (exact) mass is 420 g/mol. The Labute approximate surface area is 175 Å². The summed E-state index contributed by atoms with van der Waals surface area (Å²) in [5.74, 6) is -1.15. The number of aromatic amines is 1. The molecule has 30 heavy (non-hydrogen) atoms. The van der Waals surface area contributed by atoms with Gasteiger partial charge in [-0.1, -0.05) is 0 Å². The van der Waals surface area contributed by atoms with Crippen molar-refractivity contribution in [3.63, 3.8) is 0 Å². The number of aliphatic carboxylic acids is 1. The van der Waals surface area contributed by atoms with Crippen LogP contribution in [0.15, 0.2) is 54.4 Å². The van der Waals surface area contributed by atoms with E-state index < -0.39 is 5.97 Å². The summed E-state index contributed by atoms with van der Waals surface area (Å²) in [5.41, 5.74) is 4.91. The fraction of sp³-hybridized carbons (Fsp3) is 0.0909. The van der Waals surface area contributed by atoms with Crippen molar-refractivity contribution in [1.29, 1.82) is 0 Å². The highest BCUT2D eigenvalue weighted by atomic mass is 32.1. The summed E-state index contributed by atoms with van der Waals surface area (Å²) < 4.78 is 14.7. The number of carboxylic acids is 1. The number of thiophene rings is 1. The van der Waals surface area contributed by atoms with E-state index in [0.29, 0.717) is 11.2 Å². The molecule has 6 nitrogen and oxygen atoms in total. The Hall–Kier alpha value is -3.65. The molecule has 0 atom stereocenters. The van der Waals surface area contributed by atoms with Crippen LogP contribution < -0.4 is 0 Å². The van der Waals surface area contributed by atoms with Crippen LogP contribution in [-0.2, 0) is 4.79 Å². The van der Waals surface area contributed by atoms with Gasteiger partial charge in [0.2, 0.25) is 0 Å². The molecule has 0 unspecified atom stereocenters. The highest BCUT2D eigenvalue weighted by Crippen LogP contribution is 2.38. The molecule has 0 bridgehead atoms. The van der Waals surface area contributed by atoms with Crippen molar-refractivity contribution in [2.45, 2.75) is 13.8 Å². The lowest BCUT2D eigenvalue weighted by molar-refractivity contribution is -0.134. The zero-order valence-corrected chi connectivity index (χ0v) is 17.0. The second-order valence-electron chi connectivity index (χ2n) is 6.69. The number of nitrogens with zero attached hydrogens (tertiary/aromatic N) is 3. The number of carbonyl (C=O) groups is 1. The van der Waals surface area contributed by atoms with Gasteiger partial charge in [-0.3, -0.25) is 14.8 Å². The summed E-state index contributed by atoms with van der Waals surface area (Å²) in [4.78, 5) is 26.1. The third-order valence-electron chi connectivity index (χ3n) is 4.39. The molecule has 0 aromatic carbocycles. The van der Waals surface area contributed by atoms with Crippen LogP contribution in [0.2, 0.25) is 0 Å². The number of carboxylic acid groups (broad SMARTS) is 1. The lowest BCUT2D eigenvalue weighted by Gasteiger charge is -2.04. The Kier molecular flexibility index (Phi) is 5.24. The lowest BCUT2D eigenvalue weighted by Crippen LogP contribution is -1.87. The van der Waals surface area contributed by atoms with Crippen molar-refractivity contribution < 1.29 is 14.3 Å². The molecule has 0 spiro atoms. The molecule has 0 aliphatic rings. The quantitative estimate of drug-likeness (QED) is 0.397. The largest absolute Gasteiger partial charge is 0.481 e. The zero-order valence-electron chi connectivity index (χ0n) is 16.2. The van der Waals surface area contributed by atoms with Crippen LogP contribution in [0.1, 0.15) is 12.5 Å². The Morgan fingerprint density at radius 1 is 1.20 bits per heavy atom. The zero-order chi connectivity index (χ0) is 21.3. The van der Waals surface area contributed by atoms with Crippen molar-refractivity contribution in [2.75, 3.05) is 0 Å². The molecule has 5 rings (SSSR count). The van der Waals surface area contributed by atoms with Crippen molar-refractivity contribution in [3.8, 4) is 21.7 Å². The molecular weight excluding hydrogens is 403 g/mol. The van der Waals surface area contributed by atoms with Gasteiger partial charge in [0.25, 0.3) is 5.97 Å². The summed E-state index contributed by atoms with van der Waals surface area (Å²) in [6, 6.07) is 7.80. The number of hydrogen-bond acceptors (Lipinski definition) is 5. The summed E-state index contributed by atoms with van der Waals surface area (Å²) in [6.07, 6.45) is 6.54. The molecular formula is C22H17FN4O2S. The number of halogens is 1. The van der Waals surface area contributed by atoms with Crippen LogP contribution in [0, 0.1) is 12.7 Å². The van der Waals surface area contributed by atoms with Crippen LogP contribution in [0.4, 0.5) is 4.39 Å². The molecule has 5 heterocycles. The molecule has 0 radical (unpaired) electrons. The third-order valence-corrected chi connectivity index (χ3v) is 5.46. The maximum atomic E-state index is 14.7. The van der Waals surface area contributed by atoms with Gasteiger partial charge in [-0.25, -0.2) is 9.37 Å². The second-order valence-corrected chi connectivity index (χ2v) is 7.61. The number of aromatic nitrogens is 4. The third kappa shape index (κ3) is 3.77. The Morgan fingerprint density at radius 2 is 2.00 bits per heavy atom. The predicted octanol–water partition coefficient (Wildman–Crippen LogP) is 5.44. The van der Waals surface area contributed by atoms with E-state index in [1.54, 1.807) is 18.6 Å². The number of nitrogens with one attached hydrogen (secondary N) is 1. The Bertz CT molecular complexity index is 1360. The number of rotatable bonds is 2. The van der Waals surface area contributed by atoms with Gasteiger partial charge in [-0.2, -0.15) is 0 Å². The molecule has 5 aromatic heterocycles. The Balaban J connectivity index is 0.000000503. The molecule has 8 heteroatoms. The highest BCUT2D eigenvalue weighted by molar-refractivity contribution is 7.13. The van der Waals surface area contributed by atoms with Crippen molar-refractivity contribution >= 4 is 39.2 Å². The van der Waals surface area contributed by atoms with Gasteiger partial charge in [-0.15, -0.1) is 11.3 Å². The van der Waals surface area contributed by atoms with Gasteiger partial charge >= 0.3 is 0 Å². The van der Waals surface area contributed by atoms with Crippen molar-refractivity contribution in [2.24, 2.45) is 0 Å². The maximum Gasteiger partial charge on any atom is 0.300 e. The molecule has 0 aliphatic carbocycles.